The fourth-order valence-corrected chi connectivity index (χ4v) is 6.72. The maximum absolute atomic E-state index is 14.1. The highest BCUT2D eigenvalue weighted by Gasteiger charge is 2.36. The first-order chi connectivity index (χ1) is 22.6. The van der Waals surface area contributed by atoms with Crippen molar-refractivity contribution in [3.63, 3.8) is 0 Å². The lowest BCUT2D eigenvalue weighted by atomic mass is 9.82. The van der Waals surface area contributed by atoms with Crippen LogP contribution in [0.4, 0.5) is 10.1 Å². The number of hydrogen-bond donors (Lipinski definition) is 0. The van der Waals surface area contributed by atoms with Crippen molar-refractivity contribution in [2.24, 2.45) is 11.3 Å². The number of rotatable bonds is 11. The monoisotopic (exact) mass is 663 g/mol. The summed E-state index contributed by atoms with van der Waals surface area (Å²) < 4.78 is 25.4. The summed E-state index contributed by atoms with van der Waals surface area (Å²) in [5.41, 5.74) is 1.60. The predicted molar refractivity (Wildman–Crippen MR) is 184 cm³/mol. The topological polar surface area (TPSA) is 62.3 Å². The molecule has 1 aliphatic carbocycles. The van der Waals surface area contributed by atoms with Gasteiger partial charge in [-0.25, -0.2) is 4.39 Å². The van der Waals surface area contributed by atoms with E-state index in [9.17, 15) is 14.0 Å². The molecule has 0 aromatic heterocycles. The van der Waals surface area contributed by atoms with E-state index in [2.05, 4.69) is 4.90 Å². The Balaban J connectivity index is 1.35. The molecule has 7 nitrogen and oxygen atoms in total. The fourth-order valence-electron chi connectivity index (χ4n) is 6.51. The lowest BCUT2D eigenvalue weighted by molar-refractivity contribution is -0.143. The number of benzene rings is 3. The van der Waals surface area contributed by atoms with Gasteiger partial charge in [-0.3, -0.25) is 14.5 Å². The Bertz CT molecular complexity index is 1490. The molecule has 47 heavy (non-hydrogen) atoms. The molecule has 2 unspecified atom stereocenters. The third-order valence-corrected chi connectivity index (χ3v) is 9.26. The van der Waals surface area contributed by atoms with E-state index in [0.717, 1.165) is 69.8 Å². The Kier molecular flexibility index (Phi) is 11.9. The molecular formula is C38H47ClFN3O4. The number of hydrogen-bond acceptors (Lipinski definition) is 5. The van der Waals surface area contributed by atoms with E-state index >= 15 is 0 Å². The largest absolute Gasteiger partial charge is 0.492 e. The standard InChI is InChI=1S/C38H47ClFN3O4/c1-38(2,3)37(45)43(27-28-7-4-9-31(39)23-28)33-10-5-8-29(24-33)26-42(36(44)30-13-15-32(40)16-14-30)34-11-6-12-35(25-34)47-22-19-41-17-20-46-21-18-41/h4,6-7,9,11-16,23,25,29,33H,5,8,10,17-22,24,26-27H2,1-3H3. The molecule has 3 aromatic carbocycles. The summed E-state index contributed by atoms with van der Waals surface area (Å²) in [6.07, 6.45) is 3.55. The van der Waals surface area contributed by atoms with Crippen molar-refractivity contribution < 1.29 is 23.5 Å². The highest BCUT2D eigenvalue weighted by atomic mass is 35.5. The van der Waals surface area contributed by atoms with Crippen LogP contribution in [0, 0.1) is 17.2 Å². The molecule has 0 N–H and O–H groups in total. The van der Waals surface area contributed by atoms with Crippen LogP contribution in [0.25, 0.3) is 0 Å². The molecule has 1 saturated carbocycles. The smallest absolute Gasteiger partial charge is 0.258 e. The minimum absolute atomic E-state index is 0.0251. The van der Waals surface area contributed by atoms with Gasteiger partial charge in [-0.15, -0.1) is 0 Å². The average Bonchev–Trinajstić information content (AvgIpc) is 3.06. The summed E-state index contributed by atoms with van der Waals surface area (Å²) in [5, 5.41) is 0.648. The van der Waals surface area contributed by atoms with Gasteiger partial charge < -0.3 is 19.3 Å². The summed E-state index contributed by atoms with van der Waals surface area (Å²) in [6, 6.07) is 21.1. The molecule has 2 amide bonds. The number of ether oxygens (including phenoxy) is 2. The normalized spacial score (nSPS) is 18.8. The van der Waals surface area contributed by atoms with Crippen molar-refractivity contribution in [3.8, 4) is 5.75 Å². The van der Waals surface area contributed by atoms with Crippen LogP contribution in [0.3, 0.4) is 0 Å². The second-order valence-corrected chi connectivity index (χ2v) is 14.2. The molecular weight excluding hydrogens is 617 g/mol. The fraction of sp³-hybridized carbons (Fsp3) is 0.474. The second kappa shape index (κ2) is 16.1. The van der Waals surface area contributed by atoms with E-state index in [1.54, 1.807) is 4.90 Å². The van der Waals surface area contributed by atoms with Gasteiger partial charge >= 0.3 is 0 Å². The van der Waals surface area contributed by atoms with Gasteiger partial charge in [0.05, 0.1) is 13.2 Å². The van der Waals surface area contributed by atoms with Gasteiger partial charge in [0, 0.05) is 66.5 Å². The quantitative estimate of drug-likeness (QED) is 0.213. The number of carbonyl (C=O) groups excluding carboxylic acids is 2. The number of nitrogens with zero attached hydrogens (tertiary/aromatic N) is 3. The maximum atomic E-state index is 14.1. The minimum Gasteiger partial charge on any atom is -0.492 e. The molecule has 5 rings (SSSR count). The van der Waals surface area contributed by atoms with Crippen LogP contribution < -0.4 is 9.64 Å². The zero-order chi connectivity index (χ0) is 33.4. The van der Waals surface area contributed by atoms with Crippen molar-refractivity contribution >= 4 is 29.1 Å². The Morgan fingerprint density at radius 1 is 1.00 bits per heavy atom. The number of carbonyl (C=O) groups is 2. The summed E-state index contributed by atoms with van der Waals surface area (Å²) in [6.45, 7) is 11.4. The van der Waals surface area contributed by atoms with Gasteiger partial charge in [0.2, 0.25) is 5.91 Å². The van der Waals surface area contributed by atoms with Crippen LogP contribution in [0.5, 0.6) is 5.75 Å². The van der Waals surface area contributed by atoms with Crippen molar-refractivity contribution in [3.05, 3.63) is 94.8 Å². The van der Waals surface area contributed by atoms with Crippen molar-refractivity contribution in [1.29, 1.82) is 0 Å². The van der Waals surface area contributed by atoms with E-state index < -0.39 is 5.41 Å². The molecule has 0 radical (unpaired) electrons. The van der Waals surface area contributed by atoms with Gasteiger partial charge in [-0.05, 0) is 79.3 Å². The molecule has 2 fully saturated rings. The van der Waals surface area contributed by atoms with Crippen LogP contribution in [-0.2, 0) is 16.1 Å². The van der Waals surface area contributed by atoms with Gasteiger partial charge in [0.15, 0.2) is 0 Å². The third-order valence-electron chi connectivity index (χ3n) is 9.03. The van der Waals surface area contributed by atoms with Gasteiger partial charge in [0.25, 0.3) is 5.91 Å². The summed E-state index contributed by atoms with van der Waals surface area (Å²) in [7, 11) is 0. The molecule has 1 heterocycles. The second-order valence-electron chi connectivity index (χ2n) is 13.7. The van der Waals surface area contributed by atoms with E-state index in [0.29, 0.717) is 36.0 Å². The third kappa shape index (κ3) is 9.78. The van der Waals surface area contributed by atoms with Crippen LogP contribution in [0.2, 0.25) is 5.02 Å². The number of halogens is 2. The molecule has 252 valence electrons. The Morgan fingerprint density at radius 3 is 2.47 bits per heavy atom. The molecule has 0 spiro atoms. The lowest BCUT2D eigenvalue weighted by Crippen LogP contribution is -2.48. The maximum Gasteiger partial charge on any atom is 0.258 e. The van der Waals surface area contributed by atoms with Crippen molar-refractivity contribution in [2.45, 2.75) is 59.0 Å². The predicted octanol–water partition coefficient (Wildman–Crippen LogP) is 7.47. The Labute approximate surface area is 283 Å². The van der Waals surface area contributed by atoms with Gasteiger partial charge in [0.1, 0.15) is 18.2 Å². The SMILES string of the molecule is CC(C)(C)C(=O)N(Cc1cccc(Cl)c1)C1CCCC(CN(C(=O)c2ccc(F)cc2)c2cccc(OCCN3CCOCC3)c2)C1. The molecule has 1 saturated heterocycles. The van der Waals surface area contributed by atoms with Crippen LogP contribution in [-0.4, -0.2) is 73.7 Å². The number of anilines is 1. The first kappa shape index (κ1) is 34.9. The summed E-state index contributed by atoms with van der Waals surface area (Å²) in [4.78, 5) is 34.0. The average molecular weight is 664 g/mol. The molecule has 1 aliphatic heterocycles. The molecule has 2 atom stereocenters. The van der Waals surface area contributed by atoms with Crippen LogP contribution in [0.15, 0.2) is 72.8 Å². The zero-order valence-corrected chi connectivity index (χ0v) is 28.6. The lowest BCUT2D eigenvalue weighted by Gasteiger charge is -2.41. The Hall–Kier alpha value is -3.46. The highest BCUT2D eigenvalue weighted by Crippen LogP contribution is 2.34. The highest BCUT2D eigenvalue weighted by molar-refractivity contribution is 6.30. The van der Waals surface area contributed by atoms with Gasteiger partial charge in [-0.2, -0.15) is 0 Å². The summed E-state index contributed by atoms with van der Waals surface area (Å²) in [5.74, 6) is 0.363. The van der Waals surface area contributed by atoms with E-state index in [1.165, 1.54) is 24.3 Å². The summed E-state index contributed by atoms with van der Waals surface area (Å²) >= 11 is 6.31. The van der Waals surface area contributed by atoms with Crippen molar-refractivity contribution in [2.75, 3.05) is 50.9 Å². The Morgan fingerprint density at radius 2 is 1.74 bits per heavy atom. The van der Waals surface area contributed by atoms with E-state index in [4.69, 9.17) is 21.1 Å². The zero-order valence-electron chi connectivity index (χ0n) is 27.8. The minimum atomic E-state index is -0.543. The molecule has 9 heteroatoms. The van der Waals surface area contributed by atoms with Crippen LogP contribution >= 0.6 is 11.6 Å². The number of morpholine rings is 1. The first-order valence-electron chi connectivity index (χ1n) is 16.7. The van der Waals surface area contributed by atoms with E-state index in [1.807, 2.05) is 74.2 Å². The first-order valence-corrected chi connectivity index (χ1v) is 17.1. The van der Waals surface area contributed by atoms with E-state index in [-0.39, 0.29) is 29.6 Å². The van der Waals surface area contributed by atoms with Crippen LogP contribution in [0.1, 0.15) is 62.4 Å². The molecule has 0 bridgehead atoms. The molecule has 3 aromatic rings. The van der Waals surface area contributed by atoms with Crippen molar-refractivity contribution in [1.82, 2.24) is 9.80 Å². The van der Waals surface area contributed by atoms with Gasteiger partial charge in [-0.1, -0.05) is 57.0 Å². The molecule has 2 aliphatic rings. The number of amides is 2.